The van der Waals surface area contributed by atoms with Crippen molar-refractivity contribution in [1.29, 1.82) is 0 Å². The summed E-state index contributed by atoms with van der Waals surface area (Å²) in [4.78, 5) is 24.2. The number of amides is 1. The molecule has 0 atom stereocenters. The van der Waals surface area contributed by atoms with Crippen LogP contribution in [-0.4, -0.2) is 83.1 Å². The number of ether oxygens (including phenoxy) is 1. The molecule has 138 valence electrons. The lowest BCUT2D eigenvalue weighted by Gasteiger charge is -2.34. The molecule has 0 N–H and O–H groups in total. The van der Waals surface area contributed by atoms with Crippen LogP contribution in [0.2, 0.25) is 0 Å². The first-order valence-corrected chi connectivity index (χ1v) is 9.51. The maximum absolute atomic E-state index is 12.7. The average molecular weight is 347 g/mol. The molecule has 1 aromatic heterocycles. The number of imidazole rings is 1. The molecule has 4 rings (SSSR count). The van der Waals surface area contributed by atoms with Gasteiger partial charge in [0.1, 0.15) is 5.82 Å². The standard InChI is InChI=1S/C18H29N5O2/c1-20-4-6-21(7-5-20)13-16-12-19-17-14-22(8-9-23(16)17)18(24)15-2-10-25-11-3-15/h12,15H,2-11,13-14H2,1H3. The highest BCUT2D eigenvalue weighted by atomic mass is 16.5. The van der Waals surface area contributed by atoms with Crippen LogP contribution >= 0.6 is 0 Å². The smallest absolute Gasteiger partial charge is 0.226 e. The van der Waals surface area contributed by atoms with E-state index in [1.807, 2.05) is 11.1 Å². The zero-order valence-corrected chi connectivity index (χ0v) is 15.2. The summed E-state index contributed by atoms with van der Waals surface area (Å²) in [6, 6.07) is 0. The van der Waals surface area contributed by atoms with Gasteiger partial charge in [-0.25, -0.2) is 4.98 Å². The van der Waals surface area contributed by atoms with Gasteiger partial charge in [0.2, 0.25) is 5.91 Å². The SMILES string of the molecule is CN1CCN(Cc2cnc3n2CCN(C(=O)C2CCOCC2)C3)CC1. The fourth-order valence-corrected chi connectivity index (χ4v) is 4.08. The second-order valence-corrected chi connectivity index (χ2v) is 7.54. The molecule has 3 aliphatic heterocycles. The minimum atomic E-state index is 0.139. The second-order valence-electron chi connectivity index (χ2n) is 7.54. The van der Waals surface area contributed by atoms with Gasteiger partial charge in [-0.3, -0.25) is 9.69 Å². The first-order valence-electron chi connectivity index (χ1n) is 9.51. The van der Waals surface area contributed by atoms with Gasteiger partial charge < -0.3 is 19.1 Å². The van der Waals surface area contributed by atoms with E-state index in [1.165, 1.54) is 5.69 Å². The number of aromatic nitrogens is 2. The van der Waals surface area contributed by atoms with Gasteiger partial charge in [0.25, 0.3) is 0 Å². The lowest BCUT2D eigenvalue weighted by atomic mass is 9.98. The zero-order chi connectivity index (χ0) is 17.2. The van der Waals surface area contributed by atoms with E-state index in [-0.39, 0.29) is 11.8 Å². The summed E-state index contributed by atoms with van der Waals surface area (Å²) < 4.78 is 7.71. The number of fused-ring (bicyclic) bond motifs is 1. The van der Waals surface area contributed by atoms with Crippen molar-refractivity contribution in [3.63, 3.8) is 0 Å². The van der Waals surface area contributed by atoms with Crippen LogP contribution in [0.15, 0.2) is 6.20 Å². The number of hydrogen-bond acceptors (Lipinski definition) is 5. The summed E-state index contributed by atoms with van der Waals surface area (Å²) in [6.07, 6.45) is 3.73. The molecular formula is C18H29N5O2. The average Bonchev–Trinajstić information content (AvgIpc) is 3.06. The van der Waals surface area contributed by atoms with Crippen LogP contribution in [0.25, 0.3) is 0 Å². The third-order valence-electron chi connectivity index (χ3n) is 5.81. The van der Waals surface area contributed by atoms with Crippen molar-refractivity contribution in [2.24, 2.45) is 5.92 Å². The van der Waals surface area contributed by atoms with Gasteiger partial charge in [-0.05, 0) is 19.9 Å². The molecule has 3 aliphatic rings. The van der Waals surface area contributed by atoms with Crippen LogP contribution < -0.4 is 0 Å². The molecule has 1 amide bonds. The third-order valence-corrected chi connectivity index (χ3v) is 5.81. The summed E-state index contributed by atoms with van der Waals surface area (Å²) in [6.45, 7) is 9.22. The summed E-state index contributed by atoms with van der Waals surface area (Å²) >= 11 is 0. The first-order chi connectivity index (χ1) is 12.2. The van der Waals surface area contributed by atoms with Gasteiger partial charge in [0.15, 0.2) is 0 Å². The Balaban J connectivity index is 1.37. The maximum atomic E-state index is 12.7. The number of carbonyl (C=O) groups excluding carboxylic acids is 1. The molecule has 0 radical (unpaired) electrons. The lowest BCUT2D eigenvalue weighted by Crippen LogP contribution is -2.45. The highest BCUT2D eigenvalue weighted by molar-refractivity contribution is 5.79. The van der Waals surface area contributed by atoms with E-state index < -0.39 is 0 Å². The first kappa shape index (κ1) is 17.0. The Morgan fingerprint density at radius 2 is 1.92 bits per heavy atom. The molecule has 0 unspecified atom stereocenters. The predicted octanol–water partition coefficient (Wildman–Crippen LogP) is 0.399. The Bertz CT molecular complexity index is 603. The molecule has 2 fully saturated rings. The predicted molar refractivity (Wildman–Crippen MR) is 94.0 cm³/mol. The van der Waals surface area contributed by atoms with E-state index in [1.54, 1.807) is 0 Å². The molecule has 7 nitrogen and oxygen atoms in total. The van der Waals surface area contributed by atoms with Crippen LogP contribution in [0.4, 0.5) is 0 Å². The Hall–Kier alpha value is -1.44. The van der Waals surface area contributed by atoms with Crippen LogP contribution in [0.3, 0.4) is 0 Å². The fourth-order valence-electron chi connectivity index (χ4n) is 4.08. The van der Waals surface area contributed by atoms with Gasteiger partial charge in [-0.15, -0.1) is 0 Å². The van der Waals surface area contributed by atoms with E-state index in [0.29, 0.717) is 19.8 Å². The number of piperazine rings is 1. The summed E-state index contributed by atoms with van der Waals surface area (Å²) in [7, 11) is 2.18. The molecule has 0 aliphatic carbocycles. The Morgan fingerprint density at radius 1 is 1.16 bits per heavy atom. The van der Waals surface area contributed by atoms with Crippen molar-refractivity contribution in [3.05, 3.63) is 17.7 Å². The second kappa shape index (κ2) is 7.43. The maximum Gasteiger partial charge on any atom is 0.226 e. The quantitative estimate of drug-likeness (QED) is 0.792. The topological polar surface area (TPSA) is 53.8 Å². The minimum absolute atomic E-state index is 0.139. The van der Waals surface area contributed by atoms with E-state index in [4.69, 9.17) is 4.74 Å². The molecular weight excluding hydrogens is 318 g/mol. The summed E-state index contributed by atoms with van der Waals surface area (Å²) in [5, 5.41) is 0. The van der Waals surface area contributed by atoms with E-state index in [2.05, 4.69) is 26.4 Å². The molecule has 4 heterocycles. The monoisotopic (exact) mass is 347 g/mol. The number of rotatable bonds is 3. The number of nitrogens with zero attached hydrogens (tertiary/aromatic N) is 5. The molecule has 7 heteroatoms. The Morgan fingerprint density at radius 3 is 2.68 bits per heavy atom. The van der Waals surface area contributed by atoms with Crippen molar-refractivity contribution in [2.45, 2.75) is 32.5 Å². The highest BCUT2D eigenvalue weighted by Crippen LogP contribution is 2.22. The van der Waals surface area contributed by atoms with Gasteiger partial charge in [-0.1, -0.05) is 0 Å². The summed E-state index contributed by atoms with van der Waals surface area (Å²) in [5.74, 6) is 1.47. The number of carbonyl (C=O) groups is 1. The number of hydrogen-bond donors (Lipinski definition) is 0. The largest absolute Gasteiger partial charge is 0.381 e. The molecule has 0 aromatic carbocycles. The van der Waals surface area contributed by atoms with E-state index >= 15 is 0 Å². The van der Waals surface area contributed by atoms with Gasteiger partial charge in [-0.2, -0.15) is 0 Å². The van der Waals surface area contributed by atoms with Crippen LogP contribution in [-0.2, 0) is 29.2 Å². The van der Waals surface area contributed by atoms with Crippen LogP contribution in [0, 0.1) is 5.92 Å². The fraction of sp³-hybridized carbons (Fsp3) is 0.778. The Kier molecular flexibility index (Phi) is 5.05. The van der Waals surface area contributed by atoms with E-state index in [0.717, 1.165) is 64.5 Å². The van der Waals surface area contributed by atoms with Crippen LogP contribution in [0.5, 0.6) is 0 Å². The van der Waals surface area contributed by atoms with Crippen molar-refractivity contribution in [3.8, 4) is 0 Å². The third kappa shape index (κ3) is 3.73. The normalized spacial score (nSPS) is 23.6. The van der Waals surface area contributed by atoms with Gasteiger partial charge >= 0.3 is 0 Å². The van der Waals surface area contributed by atoms with Crippen molar-refractivity contribution < 1.29 is 9.53 Å². The summed E-state index contributed by atoms with van der Waals surface area (Å²) in [5.41, 5.74) is 1.29. The molecule has 2 saturated heterocycles. The Labute approximate surface area is 149 Å². The minimum Gasteiger partial charge on any atom is -0.381 e. The molecule has 0 saturated carbocycles. The molecule has 0 spiro atoms. The molecule has 25 heavy (non-hydrogen) atoms. The van der Waals surface area contributed by atoms with Gasteiger partial charge in [0.05, 0.1) is 12.2 Å². The van der Waals surface area contributed by atoms with Gasteiger partial charge in [0, 0.05) is 71.1 Å². The van der Waals surface area contributed by atoms with Crippen molar-refractivity contribution >= 4 is 5.91 Å². The van der Waals surface area contributed by atoms with E-state index in [9.17, 15) is 4.79 Å². The lowest BCUT2D eigenvalue weighted by molar-refractivity contribution is -0.140. The van der Waals surface area contributed by atoms with Crippen LogP contribution in [0.1, 0.15) is 24.4 Å². The van der Waals surface area contributed by atoms with Crippen molar-refractivity contribution in [1.82, 2.24) is 24.3 Å². The zero-order valence-electron chi connectivity index (χ0n) is 15.2. The molecule has 0 bridgehead atoms. The van der Waals surface area contributed by atoms with Crippen molar-refractivity contribution in [2.75, 3.05) is 53.0 Å². The highest BCUT2D eigenvalue weighted by Gasteiger charge is 2.30. The number of likely N-dealkylation sites (N-methyl/N-ethyl adjacent to an activating group) is 1. The molecule has 1 aromatic rings.